The van der Waals surface area contributed by atoms with Gasteiger partial charge in [-0.2, -0.15) is 0 Å². The fraction of sp³-hybridized carbons (Fsp3) is 0.200. The van der Waals surface area contributed by atoms with Gasteiger partial charge in [0.25, 0.3) is 0 Å². The fourth-order valence-corrected chi connectivity index (χ4v) is 3.10. The van der Waals surface area contributed by atoms with Crippen LogP contribution < -0.4 is 0 Å². The molecule has 0 fully saturated rings. The first-order valence-electron chi connectivity index (χ1n) is 4.53. The molecule has 0 unspecified atom stereocenters. The van der Waals surface area contributed by atoms with Crippen LogP contribution in [0.5, 0.6) is 0 Å². The summed E-state index contributed by atoms with van der Waals surface area (Å²) in [7, 11) is 3.53. The number of hydrogen-bond acceptors (Lipinski definition) is 2. The number of halogens is 2. The topological polar surface area (TPSA) is 39.1 Å². The van der Waals surface area contributed by atoms with E-state index in [1.165, 1.54) is 0 Å². The molecule has 0 N–H and O–H groups in total. The average Bonchev–Trinajstić information content (AvgIpc) is 2.41. The maximum absolute atomic E-state index is 11.1. The van der Waals surface area contributed by atoms with Gasteiger partial charge in [-0.15, -0.1) is 0 Å². The van der Waals surface area contributed by atoms with E-state index in [-0.39, 0.29) is 5.75 Å². The van der Waals surface area contributed by atoms with Gasteiger partial charge in [0.15, 0.2) is 0 Å². The second kappa shape index (κ2) is 3.95. The Balaban J connectivity index is 2.71. The summed E-state index contributed by atoms with van der Waals surface area (Å²) in [6.45, 7) is 0. The third-order valence-corrected chi connectivity index (χ3v) is 3.65. The fourth-order valence-electron chi connectivity index (χ4n) is 1.77. The Bertz CT molecular complexity index is 646. The highest BCUT2D eigenvalue weighted by atomic mass is 35.7. The molecular weight excluding hydrogens is 269 g/mol. The lowest BCUT2D eigenvalue weighted by atomic mass is 10.1. The monoisotopic (exact) mass is 277 g/mol. The third-order valence-electron chi connectivity index (χ3n) is 2.38. The van der Waals surface area contributed by atoms with Crippen LogP contribution in [0.2, 0.25) is 5.02 Å². The molecule has 0 atom stereocenters. The van der Waals surface area contributed by atoms with Crippen molar-refractivity contribution in [3.8, 4) is 0 Å². The Kier molecular flexibility index (Phi) is 2.90. The van der Waals surface area contributed by atoms with Gasteiger partial charge in [0.2, 0.25) is 9.05 Å². The van der Waals surface area contributed by atoms with Crippen molar-refractivity contribution in [1.29, 1.82) is 0 Å². The Morgan fingerprint density at radius 3 is 2.69 bits per heavy atom. The molecule has 2 rings (SSSR count). The summed E-state index contributed by atoms with van der Waals surface area (Å²) in [5.74, 6) is -0.213. The molecule has 0 aliphatic heterocycles. The molecule has 0 bridgehead atoms. The quantitative estimate of drug-likeness (QED) is 0.792. The molecule has 0 saturated carbocycles. The molecule has 6 heteroatoms. The van der Waals surface area contributed by atoms with E-state index in [0.717, 1.165) is 10.9 Å². The number of rotatable bonds is 2. The van der Waals surface area contributed by atoms with Crippen LogP contribution in [0.3, 0.4) is 0 Å². The lowest BCUT2D eigenvalue weighted by molar-refractivity contribution is 0.609. The number of benzene rings is 1. The van der Waals surface area contributed by atoms with Gasteiger partial charge >= 0.3 is 0 Å². The van der Waals surface area contributed by atoms with Crippen molar-refractivity contribution in [1.82, 2.24) is 4.57 Å². The molecule has 1 aromatic heterocycles. The van der Waals surface area contributed by atoms with Crippen molar-refractivity contribution < 1.29 is 8.42 Å². The van der Waals surface area contributed by atoms with Crippen molar-refractivity contribution in [3.05, 3.63) is 35.0 Å². The smallest absolute Gasteiger partial charge is 0.236 e. The summed E-state index contributed by atoms with van der Waals surface area (Å²) in [5, 5.41) is 1.28. The Morgan fingerprint density at radius 2 is 2.06 bits per heavy atom. The van der Waals surface area contributed by atoms with E-state index >= 15 is 0 Å². The van der Waals surface area contributed by atoms with Crippen molar-refractivity contribution >= 4 is 42.2 Å². The average molecular weight is 278 g/mol. The van der Waals surface area contributed by atoms with E-state index in [4.69, 9.17) is 22.3 Å². The summed E-state index contributed by atoms with van der Waals surface area (Å²) in [4.78, 5) is 0. The maximum atomic E-state index is 11.1. The molecule has 1 aromatic carbocycles. The van der Waals surface area contributed by atoms with Crippen molar-refractivity contribution in [2.75, 3.05) is 0 Å². The van der Waals surface area contributed by atoms with Gasteiger partial charge in [-0.05, 0) is 11.6 Å². The molecule has 0 amide bonds. The third kappa shape index (κ3) is 2.19. The standard InChI is InChI=1S/C10H9Cl2NO2S/c1-13-5-8(11)10-7(6-16(12,14)15)3-2-4-9(10)13/h2-5H,6H2,1H3. The Labute approximate surface area is 103 Å². The number of nitrogens with zero attached hydrogens (tertiary/aromatic N) is 1. The lowest BCUT2D eigenvalue weighted by Gasteiger charge is -2.02. The van der Waals surface area contributed by atoms with E-state index in [0.29, 0.717) is 10.6 Å². The molecule has 0 spiro atoms. The maximum Gasteiger partial charge on any atom is 0.236 e. The highest BCUT2D eigenvalue weighted by Gasteiger charge is 2.14. The van der Waals surface area contributed by atoms with Crippen LogP contribution in [0.4, 0.5) is 0 Å². The van der Waals surface area contributed by atoms with E-state index in [1.54, 1.807) is 18.3 Å². The minimum Gasteiger partial charge on any atom is -0.349 e. The Morgan fingerprint density at radius 1 is 1.38 bits per heavy atom. The predicted molar refractivity (Wildman–Crippen MR) is 66.4 cm³/mol. The highest BCUT2D eigenvalue weighted by molar-refractivity contribution is 8.13. The highest BCUT2D eigenvalue weighted by Crippen LogP contribution is 2.29. The first-order chi connectivity index (χ1) is 7.38. The van der Waals surface area contributed by atoms with E-state index in [2.05, 4.69) is 0 Å². The van der Waals surface area contributed by atoms with Gasteiger partial charge in [-0.1, -0.05) is 23.7 Å². The minimum atomic E-state index is -3.57. The first-order valence-corrected chi connectivity index (χ1v) is 7.39. The van der Waals surface area contributed by atoms with Crippen LogP contribution in [0.1, 0.15) is 5.56 Å². The molecule has 0 radical (unpaired) electrons. The molecule has 16 heavy (non-hydrogen) atoms. The van der Waals surface area contributed by atoms with Crippen LogP contribution in [0.25, 0.3) is 10.9 Å². The van der Waals surface area contributed by atoms with Gasteiger partial charge in [-0.3, -0.25) is 0 Å². The summed E-state index contributed by atoms with van der Waals surface area (Å²) >= 11 is 6.05. The van der Waals surface area contributed by atoms with Gasteiger partial charge in [0, 0.05) is 34.8 Å². The largest absolute Gasteiger partial charge is 0.349 e. The molecule has 1 heterocycles. The summed E-state index contributed by atoms with van der Waals surface area (Å²) < 4.78 is 24.0. The lowest BCUT2D eigenvalue weighted by Crippen LogP contribution is -1.96. The zero-order chi connectivity index (χ0) is 11.9. The summed E-state index contributed by atoms with van der Waals surface area (Å²) in [6, 6.07) is 5.38. The van der Waals surface area contributed by atoms with E-state index in [1.807, 2.05) is 17.7 Å². The zero-order valence-electron chi connectivity index (χ0n) is 8.44. The van der Waals surface area contributed by atoms with Crippen LogP contribution in [0.15, 0.2) is 24.4 Å². The predicted octanol–water partition coefficient (Wildman–Crippen LogP) is 2.90. The number of fused-ring (bicyclic) bond motifs is 1. The van der Waals surface area contributed by atoms with Gasteiger partial charge in [0.1, 0.15) is 0 Å². The van der Waals surface area contributed by atoms with Crippen LogP contribution >= 0.6 is 22.3 Å². The second-order valence-corrected chi connectivity index (χ2v) is 6.77. The molecular formula is C10H9Cl2NO2S. The molecule has 0 saturated heterocycles. The normalized spacial score (nSPS) is 12.2. The van der Waals surface area contributed by atoms with Gasteiger partial charge < -0.3 is 4.57 Å². The summed E-state index contributed by atoms with van der Waals surface area (Å²) in [6.07, 6.45) is 1.75. The first kappa shape index (κ1) is 11.8. The van der Waals surface area contributed by atoms with Crippen molar-refractivity contribution in [2.45, 2.75) is 5.75 Å². The SMILES string of the molecule is Cn1cc(Cl)c2c(CS(=O)(=O)Cl)cccc21. The molecule has 0 aliphatic carbocycles. The number of hydrogen-bond donors (Lipinski definition) is 0. The van der Waals surface area contributed by atoms with Crippen LogP contribution in [-0.2, 0) is 21.9 Å². The molecule has 86 valence electrons. The zero-order valence-corrected chi connectivity index (χ0v) is 10.8. The van der Waals surface area contributed by atoms with Crippen molar-refractivity contribution in [2.24, 2.45) is 7.05 Å². The van der Waals surface area contributed by atoms with E-state index < -0.39 is 9.05 Å². The molecule has 3 nitrogen and oxygen atoms in total. The minimum absolute atomic E-state index is 0.213. The van der Waals surface area contributed by atoms with Crippen LogP contribution in [-0.4, -0.2) is 13.0 Å². The number of aryl methyl sites for hydroxylation is 1. The van der Waals surface area contributed by atoms with Gasteiger partial charge in [-0.25, -0.2) is 8.42 Å². The van der Waals surface area contributed by atoms with Crippen LogP contribution in [0, 0.1) is 0 Å². The molecule has 2 aromatic rings. The van der Waals surface area contributed by atoms with E-state index in [9.17, 15) is 8.42 Å². The number of aromatic nitrogens is 1. The second-order valence-electron chi connectivity index (χ2n) is 3.58. The Hall–Kier alpha value is -0.710. The van der Waals surface area contributed by atoms with Gasteiger partial charge in [0.05, 0.1) is 10.8 Å². The van der Waals surface area contributed by atoms with Crippen molar-refractivity contribution in [3.63, 3.8) is 0 Å². The summed E-state index contributed by atoms with van der Waals surface area (Å²) in [5.41, 5.74) is 1.51. The molecule has 0 aliphatic rings.